The highest BCUT2D eigenvalue weighted by molar-refractivity contribution is 6.74. The van der Waals surface area contributed by atoms with Crippen LogP contribution >= 0.6 is 0 Å². The summed E-state index contributed by atoms with van der Waals surface area (Å²) in [6.45, 7) is 16.3. The van der Waals surface area contributed by atoms with Crippen LogP contribution in [0.15, 0.2) is 97.3 Å². The molecule has 2 aromatic heterocycles. The molecule has 1 unspecified atom stereocenters. The third kappa shape index (κ3) is 8.13. The van der Waals surface area contributed by atoms with Gasteiger partial charge in [-0.25, -0.2) is 15.0 Å². The molecule has 54 heavy (non-hydrogen) atoms. The first kappa shape index (κ1) is 37.8. The van der Waals surface area contributed by atoms with Gasteiger partial charge in [-0.3, -0.25) is 9.36 Å². The van der Waals surface area contributed by atoms with Crippen LogP contribution in [-0.2, 0) is 25.1 Å². The van der Waals surface area contributed by atoms with E-state index in [2.05, 4.69) is 68.8 Å². The molecule has 12 heteroatoms. The number of imidazole rings is 1. The average molecular weight is 749 g/mol. The fourth-order valence-corrected chi connectivity index (χ4v) is 7.91. The lowest BCUT2D eigenvalue weighted by Crippen LogP contribution is -2.44. The molecule has 4 atom stereocenters. The van der Waals surface area contributed by atoms with Gasteiger partial charge in [-0.2, -0.15) is 0 Å². The number of carbonyl (C=O) groups is 1. The minimum atomic E-state index is -2.08. The van der Waals surface area contributed by atoms with Gasteiger partial charge in [-0.1, -0.05) is 112 Å². The van der Waals surface area contributed by atoms with Crippen molar-refractivity contribution in [3.8, 4) is 0 Å². The second kappa shape index (κ2) is 15.3. The summed E-state index contributed by atoms with van der Waals surface area (Å²) in [7, 11) is -2.08. The summed E-state index contributed by atoms with van der Waals surface area (Å²) < 4.78 is 28.2. The van der Waals surface area contributed by atoms with Crippen molar-refractivity contribution in [2.75, 3.05) is 25.0 Å². The highest BCUT2D eigenvalue weighted by atomic mass is 28.4. The number of amides is 1. The van der Waals surface area contributed by atoms with Crippen LogP contribution in [0.2, 0.25) is 18.1 Å². The van der Waals surface area contributed by atoms with Gasteiger partial charge in [0.25, 0.3) is 5.91 Å². The van der Waals surface area contributed by atoms with Gasteiger partial charge in [-0.15, -0.1) is 0 Å². The summed E-state index contributed by atoms with van der Waals surface area (Å²) in [6.07, 6.45) is 0.531. The van der Waals surface area contributed by atoms with Crippen LogP contribution in [0.1, 0.15) is 74.1 Å². The fourth-order valence-electron chi connectivity index (χ4n) is 6.89. The zero-order valence-corrected chi connectivity index (χ0v) is 33.3. The summed E-state index contributed by atoms with van der Waals surface area (Å²) in [5.41, 5.74) is 4.42. The number of benzene rings is 3. The number of fused-ring (bicyclic) bond motifs is 2. The summed E-state index contributed by atoms with van der Waals surface area (Å²) in [5, 5.41) is 6.63. The first-order valence-corrected chi connectivity index (χ1v) is 21.8. The third-order valence-corrected chi connectivity index (χ3v) is 15.4. The Morgan fingerprint density at radius 3 is 2.15 bits per heavy atom. The molecule has 0 bridgehead atoms. The molecule has 5 aromatic rings. The van der Waals surface area contributed by atoms with Gasteiger partial charge in [0.05, 0.1) is 12.9 Å². The SMILES string of the molecule is CC1(C)O[C@H]2[C@H](O1)C(CO[Si](C)(C)C(C)(C)C)O[C@H]2n1cnc2c(NCC(c3ccccc3)c3ccccc3)nc(C(=O)NCCc3ccccc3)nc21. The van der Waals surface area contributed by atoms with E-state index in [-0.39, 0.29) is 34.9 Å². The van der Waals surface area contributed by atoms with Gasteiger partial charge in [0, 0.05) is 19.0 Å². The second-order valence-electron chi connectivity index (χ2n) is 16.2. The number of ether oxygens (including phenoxy) is 3. The van der Waals surface area contributed by atoms with Crippen molar-refractivity contribution in [3.63, 3.8) is 0 Å². The van der Waals surface area contributed by atoms with Gasteiger partial charge in [0.15, 0.2) is 37.3 Å². The van der Waals surface area contributed by atoms with E-state index in [0.717, 1.165) is 16.7 Å². The van der Waals surface area contributed by atoms with Crippen molar-refractivity contribution < 1.29 is 23.4 Å². The maximum absolute atomic E-state index is 13.8. The first-order chi connectivity index (χ1) is 25.8. The predicted molar refractivity (Wildman–Crippen MR) is 212 cm³/mol. The van der Waals surface area contributed by atoms with Gasteiger partial charge in [0.1, 0.15) is 18.3 Å². The molecule has 3 aromatic carbocycles. The number of hydrogen-bond donors (Lipinski definition) is 2. The summed E-state index contributed by atoms with van der Waals surface area (Å²) in [5.74, 6) is -0.696. The Morgan fingerprint density at radius 2 is 1.52 bits per heavy atom. The molecule has 2 aliphatic heterocycles. The van der Waals surface area contributed by atoms with Crippen LogP contribution in [0.25, 0.3) is 11.2 Å². The Bertz CT molecular complexity index is 2000. The molecule has 2 N–H and O–H groups in total. The molecule has 0 spiro atoms. The minimum Gasteiger partial charge on any atom is -0.414 e. The molecule has 284 valence electrons. The van der Waals surface area contributed by atoms with E-state index in [9.17, 15) is 4.79 Å². The maximum atomic E-state index is 13.8. The van der Waals surface area contributed by atoms with Crippen LogP contribution in [0.3, 0.4) is 0 Å². The lowest BCUT2D eigenvalue weighted by atomic mass is 9.91. The summed E-state index contributed by atoms with van der Waals surface area (Å²) in [4.78, 5) is 28.2. The summed E-state index contributed by atoms with van der Waals surface area (Å²) in [6, 6.07) is 30.8. The molecular formula is C42H52N6O5Si. The quantitative estimate of drug-likeness (QED) is 0.118. The molecule has 0 radical (unpaired) electrons. The molecule has 0 aliphatic carbocycles. The Labute approximate surface area is 319 Å². The van der Waals surface area contributed by atoms with Crippen LogP contribution in [0.4, 0.5) is 5.82 Å². The highest BCUT2D eigenvalue weighted by Gasteiger charge is 2.56. The van der Waals surface area contributed by atoms with Crippen molar-refractivity contribution in [2.45, 2.75) is 95.4 Å². The Balaban J connectivity index is 1.22. The van der Waals surface area contributed by atoms with Crippen molar-refractivity contribution in [3.05, 3.63) is 120 Å². The standard InChI is InChI=1S/C42H52N6O5Si/c1-41(2,3)54(6,7)50-26-32-34-35(53-42(4,5)52-34)40(51-32)48-27-45-33-36(44-25-31(29-19-13-9-14-20-29)30-21-15-10-16-22-30)46-37(47-38(33)48)39(49)43-24-23-28-17-11-8-12-18-28/h8-22,27,31-32,34-35,40H,23-26H2,1-7H3,(H,43,49)(H,44,46,47)/t32?,34-,35+,40-/m1/s1. The van der Waals surface area contributed by atoms with E-state index in [1.807, 2.05) is 85.1 Å². The molecule has 4 heterocycles. The van der Waals surface area contributed by atoms with Gasteiger partial charge < -0.3 is 29.3 Å². The number of aromatic nitrogens is 4. The maximum Gasteiger partial charge on any atom is 0.289 e. The van der Waals surface area contributed by atoms with Crippen molar-refractivity contribution >= 4 is 31.2 Å². The largest absolute Gasteiger partial charge is 0.414 e. The monoisotopic (exact) mass is 748 g/mol. The third-order valence-electron chi connectivity index (χ3n) is 10.9. The first-order valence-electron chi connectivity index (χ1n) is 18.9. The number of hydrogen-bond acceptors (Lipinski definition) is 9. The molecule has 2 fully saturated rings. The molecule has 1 amide bonds. The summed E-state index contributed by atoms with van der Waals surface area (Å²) >= 11 is 0. The Kier molecular flexibility index (Phi) is 10.8. The Hall–Kier alpha value is -4.46. The zero-order chi connectivity index (χ0) is 38.1. The normalized spacial score (nSPS) is 21.0. The lowest BCUT2D eigenvalue weighted by Gasteiger charge is -2.37. The topological polar surface area (TPSA) is 122 Å². The smallest absolute Gasteiger partial charge is 0.289 e. The van der Waals surface area contributed by atoms with E-state index >= 15 is 0 Å². The van der Waals surface area contributed by atoms with Crippen molar-refractivity contribution in [2.24, 2.45) is 0 Å². The number of nitrogens with zero attached hydrogens (tertiary/aromatic N) is 4. The van der Waals surface area contributed by atoms with Crippen LogP contribution in [0, 0.1) is 0 Å². The van der Waals surface area contributed by atoms with E-state index in [1.54, 1.807) is 6.33 Å². The Morgan fingerprint density at radius 1 is 0.907 bits per heavy atom. The lowest BCUT2D eigenvalue weighted by molar-refractivity contribution is -0.199. The molecular weight excluding hydrogens is 697 g/mol. The van der Waals surface area contributed by atoms with E-state index in [0.29, 0.717) is 43.1 Å². The van der Waals surface area contributed by atoms with Gasteiger partial charge >= 0.3 is 0 Å². The van der Waals surface area contributed by atoms with Crippen LogP contribution < -0.4 is 10.6 Å². The van der Waals surface area contributed by atoms with E-state index < -0.39 is 26.4 Å². The van der Waals surface area contributed by atoms with E-state index in [1.165, 1.54) is 0 Å². The van der Waals surface area contributed by atoms with Crippen LogP contribution in [-0.4, -0.2) is 77.5 Å². The number of rotatable bonds is 13. The molecule has 0 saturated carbocycles. The molecule has 2 aliphatic rings. The second-order valence-corrected chi connectivity index (χ2v) is 21.0. The predicted octanol–water partition coefficient (Wildman–Crippen LogP) is 7.48. The average Bonchev–Trinajstić information content (AvgIpc) is 3.82. The molecule has 7 rings (SSSR count). The molecule has 11 nitrogen and oxygen atoms in total. The van der Waals surface area contributed by atoms with Gasteiger partial charge in [0.2, 0.25) is 5.82 Å². The molecule has 2 saturated heterocycles. The van der Waals surface area contributed by atoms with Gasteiger partial charge in [-0.05, 0) is 55.1 Å². The number of carbonyl (C=O) groups excluding carboxylic acids is 1. The number of nitrogens with one attached hydrogen (secondary N) is 2. The minimum absolute atomic E-state index is 0.00880. The van der Waals surface area contributed by atoms with Crippen molar-refractivity contribution in [1.29, 1.82) is 0 Å². The number of anilines is 1. The fraction of sp³-hybridized carbons (Fsp3) is 0.429. The zero-order valence-electron chi connectivity index (χ0n) is 32.3. The highest BCUT2D eigenvalue weighted by Crippen LogP contribution is 2.45. The van der Waals surface area contributed by atoms with E-state index in [4.69, 9.17) is 33.6 Å². The van der Waals surface area contributed by atoms with Crippen molar-refractivity contribution in [1.82, 2.24) is 24.8 Å². The van der Waals surface area contributed by atoms with Crippen LogP contribution in [0.5, 0.6) is 0 Å².